The van der Waals surface area contributed by atoms with Gasteiger partial charge >= 0.3 is 0 Å². The lowest BCUT2D eigenvalue weighted by Crippen LogP contribution is -2.44. The van der Waals surface area contributed by atoms with Crippen molar-refractivity contribution in [2.75, 3.05) is 25.3 Å². The van der Waals surface area contributed by atoms with E-state index in [0.717, 1.165) is 16.8 Å². The molecule has 4 atom stereocenters. The topological polar surface area (TPSA) is 104 Å². The fourth-order valence-corrected chi connectivity index (χ4v) is 5.26. The molecule has 0 unspecified atom stereocenters. The van der Waals surface area contributed by atoms with E-state index >= 15 is 0 Å². The number of rotatable bonds is 6. The molecule has 3 aliphatic heterocycles. The van der Waals surface area contributed by atoms with Crippen LogP contribution in [0, 0.1) is 0 Å². The number of carbonyl (C=O) groups is 1. The lowest BCUT2D eigenvalue weighted by Gasteiger charge is -2.18. The molecule has 4 heterocycles. The first kappa shape index (κ1) is 23.6. The highest BCUT2D eigenvalue weighted by atomic mass is 16.7. The molecule has 39 heavy (non-hydrogen) atoms. The van der Waals surface area contributed by atoms with Crippen LogP contribution in [0.3, 0.4) is 0 Å². The zero-order valence-electron chi connectivity index (χ0n) is 20.9. The van der Waals surface area contributed by atoms with E-state index < -0.39 is 0 Å². The molecule has 1 aromatic heterocycles. The Labute approximate surface area is 225 Å². The van der Waals surface area contributed by atoms with Gasteiger partial charge in [-0.05, 0) is 35.4 Å². The normalized spacial score (nSPS) is 22.9. The molecule has 1 amide bonds. The molecule has 3 aromatic carbocycles. The van der Waals surface area contributed by atoms with Gasteiger partial charge in [0.15, 0.2) is 11.5 Å². The Hall–Kier alpha value is -4.47. The Morgan fingerprint density at radius 1 is 0.769 bits per heavy atom. The molecular formula is C30H26N4O5. The molecular weight excluding hydrogens is 496 g/mol. The first-order valence-corrected chi connectivity index (χ1v) is 12.9. The molecule has 0 spiro atoms. The Bertz CT molecular complexity index is 1500. The summed E-state index contributed by atoms with van der Waals surface area (Å²) in [6.07, 6.45) is 1.24. The predicted octanol–water partition coefficient (Wildman–Crippen LogP) is 3.92. The van der Waals surface area contributed by atoms with Gasteiger partial charge in [-0.25, -0.2) is 9.97 Å². The zero-order chi connectivity index (χ0) is 26.2. The van der Waals surface area contributed by atoms with Crippen molar-refractivity contribution in [2.45, 2.75) is 24.3 Å². The van der Waals surface area contributed by atoms with E-state index in [0.29, 0.717) is 36.2 Å². The van der Waals surface area contributed by atoms with E-state index in [4.69, 9.17) is 23.9 Å². The number of carbonyl (C=O) groups excluding carboxylic acids is 1. The summed E-state index contributed by atoms with van der Waals surface area (Å²) < 4.78 is 22.8. The summed E-state index contributed by atoms with van der Waals surface area (Å²) in [6.45, 7) is 0.944. The largest absolute Gasteiger partial charge is 0.454 e. The molecule has 4 aromatic rings. The molecule has 9 nitrogen and oxygen atoms in total. The van der Waals surface area contributed by atoms with Crippen molar-refractivity contribution in [3.05, 3.63) is 90.6 Å². The number of hydrogen-bond donors (Lipinski definition) is 2. The second kappa shape index (κ2) is 10.0. The molecule has 196 valence electrons. The summed E-state index contributed by atoms with van der Waals surface area (Å²) in [5.41, 5.74) is 4.65. The summed E-state index contributed by atoms with van der Waals surface area (Å²) in [6, 6.07) is 25.2. The Kier molecular flexibility index (Phi) is 6.07. The van der Waals surface area contributed by atoms with E-state index in [-0.39, 0.29) is 37.0 Å². The van der Waals surface area contributed by atoms with Gasteiger partial charge in [0.2, 0.25) is 12.7 Å². The average molecular weight is 523 g/mol. The standard InChI is InChI=1S/C30H26N4O5/c35-29(21-10-11-25-26(14-21)39-17-38-25)32-23-15-36-28-24(16-37-27(23)28)34-30-31-13-12-22(33-30)20-8-6-19(7-9-20)18-4-2-1-3-5-18/h1-14,23-24,27-28H,15-17H2,(H,32,35)(H,31,33,34)/t23-,24-,27+,28+/m0/s1. The van der Waals surface area contributed by atoms with Crippen molar-refractivity contribution in [2.24, 2.45) is 0 Å². The van der Waals surface area contributed by atoms with E-state index in [1.807, 2.05) is 24.3 Å². The molecule has 9 heteroatoms. The highest BCUT2D eigenvalue weighted by Gasteiger charge is 2.48. The summed E-state index contributed by atoms with van der Waals surface area (Å²) in [4.78, 5) is 22.0. The molecule has 3 aliphatic rings. The smallest absolute Gasteiger partial charge is 0.251 e. The van der Waals surface area contributed by atoms with E-state index in [2.05, 4.69) is 52.0 Å². The van der Waals surface area contributed by atoms with Gasteiger partial charge in [0, 0.05) is 17.3 Å². The first-order valence-electron chi connectivity index (χ1n) is 12.9. The quantitative estimate of drug-likeness (QED) is 0.393. The number of hydrogen-bond acceptors (Lipinski definition) is 8. The van der Waals surface area contributed by atoms with Crippen LogP contribution >= 0.6 is 0 Å². The minimum atomic E-state index is -0.269. The predicted molar refractivity (Wildman–Crippen MR) is 144 cm³/mol. The highest BCUT2D eigenvalue weighted by Crippen LogP contribution is 2.33. The van der Waals surface area contributed by atoms with E-state index in [1.54, 1.807) is 24.4 Å². The maximum absolute atomic E-state index is 12.9. The number of anilines is 1. The highest BCUT2D eigenvalue weighted by molar-refractivity contribution is 5.95. The molecule has 0 aliphatic carbocycles. The van der Waals surface area contributed by atoms with Crippen molar-refractivity contribution >= 4 is 11.9 Å². The monoisotopic (exact) mass is 522 g/mol. The molecule has 0 radical (unpaired) electrons. The number of ether oxygens (including phenoxy) is 4. The van der Waals surface area contributed by atoms with Crippen LogP contribution in [0.2, 0.25) is 0 Å². The lowest BCUT2D eigenvalue weighted by atomic mass is 10.0. The third-order valence-electron chi connectivity index (χ3n) is 7.26. The third-order valence-corrected chi connectivity index (χ3v) is 7.26. The number of amides is 1. The van der Waals surface area contributed by atoms with E-state index in [9.17, 15) is 4.79 Å². The van der Waals surface area contributed by atoms with Crippen LogP contribution in [-0.4, -0.2) is 60.2 Å². The van der Waals surface area contributed by atoms with Gasteiger partial charge in [-0.3, -0.25) is 4.79 Å². The van der Waals surface area contributed by atoms with Crippen LogP contribution in [0.1, 0.15) is 10.4 Å². The van der Waals surface area contributed by atoms with Gasteiger partial charge in [0.05, 0.1) is 31.0 Å². The second-order valence-electron chi connectivity index (χ2n) is 9.70. The fourth-order valence-electron chi connectivity index (χ4n) is 5.26. The number of fused-ring (bicyclic) bond motifs is 2. The summed E-state index contributed by atoms with van der Waals surface area (Å²) in [5.74, 6) is 1.50. The van der Waals surface area contributed by atoms with Gasteiger partial charge < -0.3 is 29.6 Å². The Morgan fingerprint density at radius 3 is 2.33 bits per heavy atom. The molecule has 0 saturated carbocycles. The van der Waals surface area contributed by atoms with Crippen LogP contribution in [0.15, 0.2) is 85.1 Å². The molecule has 2 fully saturated rings. The minimum Gasteiger partial charge on any atom is -0.454 e. The van der Waals surface area contributed by atoms with Crippen molar-refractivity contribution in [1.29, 1.82) is 0 Å². The van der Waals surface area contributed by atoms with Crippen LogP contribution < -0.4 is 20.1 Å². The summed E-state index contributed by atoms with van der Waals surface area (Å²) >= 11 is 0. The fraction of sp³-hybridized carbons (Fsp3) is 0.233. The molecule has 0 bridgehead atoms. The van der Waals surface area contributed by atoms with Crippen LogP contribution in [-0.2, 0) is 9.47 Å². The van der Waals surface area contributed by atoms with Gasteiger partial charge in [0.25, 0.3) is 5.91 Å². The van der Waals surface area contributed by atoms with Crippen LogP contribution in [0.25, 0.3) is 22.4 Å². The number of benzene rings is 3. The number of nitrogens with zero attached hydrogens (tertiary/aromatic N) is 2. The van der Waals surface area contributed by atoms with Crippen LogP contribution in [0.5, 0.6) is 11.5 Å². The SMILES string of the molecule is O=C(N[C@H]1CO[C@H]2[C@@H]1OC[C@@H]2Nc1nccc(-c2ccc(-c3ccccc3)cc2)n1)c1ccc2c(c1)OCO2. The van der Waals surface area contributed by atoms with Crippen molar-refractivity contribution in [3.63, 3.8) is 0 Å². The maximum Gasteiger partial charge on any atom is 0.251 e. The molecule has 7 rings (SSSR count). The molecule has 2 N–H and O–H groups in total. The second-order valence-corrected chi connectivity index (χ2v) is 9.70. The van der Waals surface area contributed by atoms with Gasteiger partial charge in [-0.1, -0.05) is 54.6 Å². The van der Waals surface area contributed by atoms with Gasteiger partial charge in [-0.15, -0.1) is 0 Å². The summed E-state index contributed by atoms with van der Waals surface area (Å²) in [7, 11) is 0. The number of aromatic nitrogens is 2. The van der Waals surface area contributed by atoms with Crippen molar-refractivity contribution in [1.82, 2.24) is 15.3 Å². The van der Waals surface area contributed by atoms with Crippen molar-refractivity contribution < 1.29 is 23.7 Å². The van der Waals surface area contributed by atoms with E-state index in [1.165, 1.54) is 5.56 Å². The zero-order valence-corrected chi connectivity index (χ0v) is 20.9. The third kappa shape index (κ3) is 4.67. The lowest BCUT2D eigenvalue weighted by molar-refractivity contribution is 0.0652. The Balaban J connectivity index is 0.998. The maximum atomic E-state index is 12.9. The van der Waals surface area contributed by atoms with Crippen LogP contribution in [0.4, 0.5) is 5.95 Å². The summed E-state index contributed by atoms with van der Waals surface area (Å²) in [5, 5.41) is 6.42. The molecule has 2 saturated heterocycles. The van der Waals surface area contributed by atoms with Gasteiger partial charge in [0.1, 0.15) is 12.2 Å². The number of nitrogens with one attached hydrogen (secondary N) is 2. The first-order chi connectivity index (χ1) is 19.2. The average Bonchev–Trinajstić information content (AvgIpc) is 3.72. The minimum absolute atomic E-state index is 0.141. The Morgan fingerprint density at radius 2 is 1.49 bits per heavy atom. The van der Waals surface area contributed by atoms with Gasteiger partial charge in [-0.2, -0.15) is 0 Å². The van der Waals surface area contributed by atoms with Crippen molar-refractivity contribution in [3.8, 4) is 33.9 Å².